The van der Waals surface area contributed by atoms with E-state index in [2.05, 4.69) is 39.0 Å². The molecule has 0 saturated carbocycles. The highest BCUT2D eigenvalue weighted by molar-refractivity contribution is 5.38. The lowest BCUT2D eigenvalue weighted by Gasteiger charge is -2.19. The monoisotopic (exact) mass is 265 g/mol. The number of aromatic nitrogens is 3. The van der Waals surface area contributed by atoms with Crippen molar-refractivity contribution in [3.8, 4) is 6.01 Å². The summed E-state index contributed by atoms with van der Waals surface area (Å²) in [7, 11) is 1.80. The SMILES string of the molecule is CNc1nc(OC(C)C(C)C)nc(N2CCCC2)n1. The molecule has 1 unspecified atom stereocenters. The van der Waals surface area contributed by atoms with E-state index in [0.29, 0.717) is 23.8 Å². The van der Waals surface area contributed by atoms with Crippen molar-refractivity contribution in [1.82, 2.24) is 15.0 Å². The summed E-state index contributed by atoms with van der Waals surface area (Å²) in [6.07, 6.45) is 2.47. The van der Waals surface area contributed by atoms with E-state index in [1.54, 1.807) is 7.05 Å². The summed E-state index contributed by atoms with van der Waals surface area (Å²) in [5.41, 5.74) is 0. The average molecular weight is 265 g/mol. The van der Waals surface area contributed by atoms with Crippen molar-refractivity contribution in [2.45, 2.75) is 39.7 Å². The van der Waals surface area contributed by atoms with E-state index in [-0.39, 0.29) is 6.10 Å². The fourth-order valence-electron chi connectivity index (χ4n) is 1.87. The Labute approximate surface area is 114 Å². The first-order valence-corrected chi connectivity index (χ1v) is 6.95. The Bertz CT molecular complexity index is 417. The highest BCUT2D eigenvalue weighted by atomic mass is 16.5. The van der Waals surface area contributed by atoms with Crippen LogP contribution in [0.1, 0.15) is 33.6 Å². The summed E-state index contributed by atoms with van der Waals surface area (Å²) < 4.78 is 5.79. The first-order chi connectivity index (χ1) is 9.10. The second kappa shape index (κ2) is 6.04. The Morgan fingerprint density at radius 2 is 1.79 bits per heavy atom. The predicted octanol–water partition coefficient (Wildman–Crippen LogP) is 1.94. The minimum absolute atomic E-state index is 0.0820. The minimum Gasteiger partial charge on any atom is -0.460 e. The Kier molecular flexibility index (Phi) is 4.39. The molecule has 0 aromatic carbocycles. The molecule has 1 aliphatic heterocycles. The van der Waals surface area contributed by atoms with Crippen LogP contribution in [0.5, 0.6) is 6.01 Å². The summed E-state index contributed by atoms with van der Waals surface area (Å²) in [5, 5.41) is 2.96. The first-order valence-electron chi connectivity index (χ1n) is 6.95. The van der Waals surface area contributed by atoms with Crippen molar-refractivity contribution in [1.29, 1.82) is 0 Å². The average Bonchev–Trinajstić information content (AvgIpc) is 2.92. The Hall–Kier alpha value is -1.59. The molecule has 1 N–H and O–H groups in total. The van der Waals surface area contributed by atoms with Crippen LogP contribution in [0.3, 0.4) is 0 Å². The molecule has 19 heavy (non-hydrogen) atoms. The summed E-state index contributed by atoms with van der Waals surface area (Å²) >= 11 is 0. The van der Waals surface area contributed by atoms with E-state index in [4.69, 9.17) is 4.74 Å². The van der Waals surface area contributed by atoms with Crippen LogP contribution in [0.25, 0.3) is 0 Å². The van der Waals surface area contributed by atoms with E-state index in [1.807, 2.05) is 6.92 Å². The summed E-state index contributed by atoms with van der Waals surface area (Å²) in [4.78, 5) is 15.3. The van der Waals surface area contributed by atoms with Crippen molar-refractivity contribution in [2.75, 3.05) is 30.4 Å². The molecule has 1 aromatic rings. The predicted molar refractivity (Wildman–Crippen MR) is 75.7 cm³/mol. The summed E-state index contributed by atoms with van der Waals surface area (Å²) in [5.74, 6) is 1.69. The van der Waals surface area contributed by atoms with Gasteiger partial charge >= 0.3 is 6.01 Å². The molecule has 6 nitrogen and oxygen atoms in total. The second-order valence-electron chi connectivity index (χ2n) is 5.25. The third kappa shape index (κ3) is 3.45. The molecule has 2 heterocycles. The van der Waals surface area contributed by atoms with Crippen molar-refractivity contribution in [3.63, 3.8) is 0 Å². The van der Waals surface area contributed by atoms with Crippen LogP contribution in [0, 0.1) is 5.92 Å². The van der Waals surface area contributed by atoms with Gasteiger partial charge in [0.25, 0.3) is 0 Å². The highest BCUT2D eigenvalue weighted by Gasteiger charge is 2.19. The van der Waals surface area contributed by atoms with Gasteiger partial charge < -0.3 is 15.0 Å². The number of nitrogens with zero attached hydrogens (tertiary/aromatic N) is 4. The molecule has 0 spiro atoms. The number of hydrogen-bond donors (Lipinski definition) is 1. The third-order valence-corrected chi connectivity index (χ3v) is 3.45. The van der Waals surface area contributed by atoms with Gasteiger partial charge in [-0.25, -0.2) is 0 Å². The van der Waals surface area contributed by atoms with Gasteiger partial charge in [-0.05, 0) is 25.7 Å². The molecule has 1 atom stereocenters. The van der Waals surface area contributed by atoms with Gasteiger partial charge in [-0.2, -0.15) is 15.0 Å². The maximum Gasteiger partial charge on any atom is 0.323 e. The standard InChI is InChI=1S/C13H23N5O/c1-9(2)10(3)19-13-16-11(14-4)15-12(17-13)18-7-5-6-8-18/h9-10H,5-8H2,1-4H3,(H,14,15,16,17). The van der Waals surface area contributed by atoms with E-state index in [0.717, 1.165) is 13.1 Å². The summed E-state index contributed by atoms with van der Waals surface area (Å²) in [6, 6.07) is 0.405. The van der Waals surface area contributed by atoms with E-state index >= 15 is 0 Å². The molecule has 0 aliphatic carbocycles. The van der Waals surface area contributed by atoms with Crippen LogP contribution in [0.15, 0.2) is 0 Å². The second-order valence-corrected chi connectivity index (χ2v) is 5.25. The van der Waals surface area contributed by atoms with Crippen molar-refractivity contribution < 1.29 is 4.74 Å². The molecule has 106 valence electrons. The Balaban J connectivity index is 2.20. The minimum atomic E-state index is 0.0820. The molecule has 0 radical (unpaired) electrons. The van der Waals surface area contributed by atoms with Crippen LogP contribution in [-0.4, -0.2) is 41.2 Å². The highest BCUT2D eigenvalue weighted by Crippen LogP contribution is 2.20. The molecule has 1 saturated heterocycles. The largest absolute Gasteiger partial charge is 0.460 e. The van der Waals surface area contributed by atoms with Crippen LogP contribution in [-0.2, 0) is 0 Å². The molecule has 1 aliphatic rings. The van der Waals surface area contributed by atoms with Crippen molar-refractivity contribution in [3.05, 3.63) is 0 Å². The van der Waals surface area contributed by atoms with Gasteiger partial charge in [-0.3, -0.25) is 0 Å². The number of anilines is 2. The molecule has 6 heteroatoms. The lowest BCUT2D eigenvalue weighted by atomic mass is 10.1. The van der Waals surface area contributed by atoms with Crippen LogP contribution >= 0.6 is 0 Å². The topological polar surface area (TPSA) is 63.2 Å². The van der Waals surface area contributed by atoms with E-state index in [1.165, 1.54) is 12.8 Å². The zero-order valence-electron chi connectivity index (χ0n) is 12.2. The van der Waals surface area contributed by atoms with Gasteiger partial charge in [0.15, 0.2) is 0 Å². The lowest BCUT2D eigenvalue weighted by Crippen LogP contribution is -2.24. The normalized spacial score (nSPS) is 16.8. The zero-order valence-corrected chi connectivity index (χ0v) is 12.2. The maximum absolute atomic E-state index is 5.79. The van der Waals surface area contributed by atoms with Gasteiger partial charge in [-0.15, -0.1) is 0 Å². The molecule has 0 amide bonds. The molecule has 1 fully saturated rings. The third-order valence-electron chi connectivity index (χ3n) is 3.45. The number of ether oxygens (including phenoxy) is 1. The van der Waals surface area contributed by atoms with E-state index < -0.39 is 0 Å². The fraction of sp³-hybridized carbons (Fsp3) is 0.769. The molecule has 1 aromatic heterocycles. The van der Waals surface area contributed by atoms with Gasteiger partial charge in [0.05, 0.1) is 0 Å². The lowest BCUT2D eigenvalue weighted by molar-refractivity contribution is 0.156. The smallest absolute Gasteiger partial charge is 0.323 e. The van der Waals surface area contributed by atoms with Crippen molar-refractivity contribution >= 4 is 11.9 Å². The Morgan fingerprint density at radius 3 is 2.37 bits per heavy atom. The van der Waals surface area contributed by atoms with Crippen LogP contribution in [0.2, 0.25) is 0 Å². The van der Waals surface area contributed by atoms with Crippen molar-refractivity contribution in [2.24, 2.45) is 5.92 Å². The summed E-state index contributed by atoms with van der Waals surface area (Å²) in [6.45, 7) is 8.28. The quantitative estimate of drug-likeness (QED) is 0.877. The van der Waals surface area contributed by atoms with Gasteiger partial charge in [-0.1, -0.05) is 13.8 Å². The maximum atomic E-state index is 5.79. The van der Waals surface area contributed by atoms with Gasteiger partial charge in [0.1, 0.15) is 6.10 Å². The zero-order chi connectivity index (χ0) is 13.8. The number of hydrogen-bond acceptors (Lipinski definition) is 6. The van der Waals surface area contributed by atoms with Gasteiger partial charge in [0.2, 0.25) is 11.9 Å². The fourth-order valence-corrected chi connectivity index (χ4v) is 1.87. The number of rotatable bonds is 5. The van der Waals surface area contributed by atoms with Gasteiger partial charge in [0, 0.05) is 20.1 Å². The van der Waals surface area contributed by atoms with Crippen LogP contribution in [0.4, 0.5) is 11.9 Å². The molecule has 2 rings (SSSR count). The van der Waals surface area contributed by atoms with E-state index in [9.17, 15) is 0 Å². The molecular formula is C13H23N5O. The molecule has 0 bridgehead atoms. The van der Waals surface area contributed by atoms with Crippen LogP contribution < -0.4 is 15.0 Å². The Morgan fingerprint density at radius 1 is 1.11 bits per heavy atom. The molecular weight excluding hydrogens is 242 g/mol. The first kappa shape index (κ1) is 13.8. The number of nitrogens with one attached hydrogen (secondary N) is 1.